The molecule has 0 bridgehead atoms. The molecule has 0 atom stereocenters. The number of nitrogens with two attached hydrogens (primary N) is 1. The highest BCUT2D eigenvalue weighted by Crippen LogP contribution is 2.15. The van der Waals surface area contributed by atoms with Crippen molar-refractivity contribution < 1.29 is 22.4 Å². The molecule has 0 fully saturated rings. The van der Waals surface area contributed by atoms with Crippen LogP contribution < -0.4 is 20.8 Å². The number of H-pyrrole nitrogens is 1. The molecule has 9 nitrogen and oxygen atoms in total. The summed E-state index contributed by atoms with van der Waals surface area (Å²) in [6.07, 6.45) is 0. The normalized spacial score (nSPS) is 11.3. The van der Waals surface area contributed by atoms with Crippen LogP contribution in [0.1, 0.15) is 0 Å². The third kappa shape index (κ3) is 4.64. The Morgan fingerprint density at radius 2 is 1.81 bits per heavy atom. The van der Waals surface area contributed by atoms with E-state index in [1.807, 2.05) is 6.07 Å². The third-order valence-electron chi connectivity index (χ3n) is 3.43. The second kappa shape index (κ2) is 7.78. The zero-order valence-electron chi connectivity index (χ0n) is 13.8. The zero-order chi connectivity index (χ0) is 19.4. The molecule has 1 amide bonds. The topological polar surface area (TPSA) is 139 Å². The fourth-order valence-electron chi connectivity index (χ4n) is 2.19. The van der Waals surface area contributed by atoms with Gasteiger partial charge in [0.1, 0.15) is 0 Å². The van der Waals surface area contributed by atoms with E-state index in [1.54, 1.807) is 24.3 Å². The summed E-state index contributed by atoms with van der Waals surface area (Å²) in [5, 5.41) is 10.4. The first-order chi connectivity index (χ1) is 12.8. The quantitative estimate of drug-likeness (QED) is 0.404. The number of nitrogens with zero attached hydrogens (tertiary/aromatic N) is 1. The minimum Gasteiger partial charge on any atom is -0.325 e. The lowest BCUT2D eigenvalue weighted by atomic mass is 10.3. The third-order valence-corrected chi connectivity index (χ3v) is 5.39. The van der Waals surface area contributed by atoms with E-state index < -0.39 is 15.6 Å². The van der Waals surface area contributed by atoms with Crippen LogP contribution in [0.3, 0.4) is 0 Å². The van der Waals surface area contributed by atoms with Crippen molar-refractivity contribution >= 4 is 33.4 Å². The highest BCUT2D eigenvalue weighted by atomic mass is 32.2. The zero-order valence-corrected chi connectivity index (χ0v) is 15.4. The van der Waals surface area contributed by atoms with Crippen LogP contribution in [0.4, 0.5) is 5.69 Å². The molecule has 0 aliphatic rings. The molecule has 2 aromatic carbocycles. The molecule has 1 aromatic heterocycles. The molecule has 27 heavy (non-hydrogen) atoms. The lowest BCUT2D eigenvalue weighted by Crippen LogP contribution is -2.36. The van der Waals surface area contributed by atoms with E-state index >= 15 is 0 Å². The number of amides is 1. The van der Waals surface area contributed by atoms with E-state index in [4.69, 9.17) is 9.66 Å². The number of benzene rings is 2. The predicted molar refractivity (Wildman–Crippen MR) is 98.0 cm³/mol. The van der Waals surface area contributed by atoms with Gasteiger partial charge in [-0.3, -0.25) is 9.32 Å². The average Bonchev–Trinajstić information content (AvgIpc) is 3.01. The number of carbonyl (C=O) groups excluding carboxylic acids is 1. The summed E-state index contributed by atoms with van der Waals surface area (Å²) in [6, 6.07) is 14.5. The van der Waals surface area contributed by atoms with Crippen molar-refractivity contribution in [2.24, 2.45) is 5.14 Å². The van der Waals surface area contributed by atoms with Gasteiger partial charge < -0.3 is 5.32 Å². The van der Waals surface area contributed by atoms with Crippen molar-refractivity contribution in [2.75, 3.05) is 11.1 Å². The van der Waals surface area contributed by atoms with Gasteiger partial charge in [-0.25, -0.2) is 18.4 Å². The Bertz CT molecular complexity index is 1110. The number of hydrogen-bond donors (Lipinski definition) is 3. The molecule has 3 rings (SSSR count). The summed E-state index contributed by atoms with van der Waals surface area (Å²) >= 11 is 1.01. The largest absolute Gasteiger partial charge is 0.442 e. The number of primary sulfonamides is 1. The molecule has 140 valence electrons. The standard InChI is InChI=1S/C16H14N4O5S2/c17-27(23,24)13-8-6-11(7-9-13)18-14(21)10-26-15-16(22)25-19-20(15)12-4-2-1-3-5-12/h1-9H,10H2,(H3-,17,18,19,21,22,23,24)/p+1. The minimum atomic E-state index is -3.79. The first kappa shape index (κ1) is 18.9. The maximum absolute atomic E-state index is 12.1. The molecular weight excluding hydrogens is 392 g/mol. The summed E-state index contributed by atoms with van der Waals surface area (Å²) in [5.74, 6) is -0.421. The Morgan fingerprint density at radius 3 is 2.44 bits per heavy atom. The van der Waals surface area contributed by atoms with Crippen molar-refractivity contribution in [1.82, 2.24) is 5.27 Å². The summed E-state index contributed by atoms with van der Waals surface area (Å²) in [6.45, 7) is 0. The van der Waals surface area contributed by atoms with E-state index in [0.29, 0.717) is 11.4 Å². The van der Waals surface area contributed by atoms with Gasteiger partial charge in [0.25, 0.3) is 0 Å². The molecule has 0 aliphatic carbocycles. The van der Waals surface area contributed by atoms with Crippen LogP contribution in [-0.4, -0.2) is 25.3 Å². The van der Waals surface area contributed by atoms with Crippen LogP contribution in [0.2, 0.25) is 0 Å². The van der Waals surface area contributed by atoms with Crippen LogP contribution in [0.25, 0.3) is 5.69 Å². The van der Waals surface area contributed by atoms with E-state index in [9.17, 15) is 18.0 Å². The van der Waals surface area contributed by atoms with Crippen molar-refractivity contribution in [1.29, 1.82) is 0 Å². The Labute approximate surface area is 158 Å². The van der Waals surface area contributed by atoms with Crippen LogP contribution in [0.15, 0.2) is 73.8 Å². The lowest BCUT2D eigenvalue weighted by molar-refractivity contribution is -0.704. The fraction of sp³-hybridized carbons (Fsp3) is 0.0625. The van der Waals surface area contributed by atoms with Gasteiger partial charge in [0.05, 0.1) is 10.6 Å². The highest BCUT2D eigenvalue weighted by molar-refractivity contribution is 7.99. The lowest BCUT2D eigenvalue weighted by Gasteiger charge is -2.04. The van der Waals surface area contributed by atoms with Gasteiger partial charge in [0.15, 0.2) is 0 Å². The number of nitrogens with one attached hydrogen (secondary N) is 2. The first-order valence-corrected chi connectivity index (χ1v) is 10.1. The molecule has 3 aromatic rings. The second-order valence-electron chi connectivity index (χ2n) is 5.36. The summed E-state index contributed by atoms with van der Waals surface area (Å²) in [4.78, 5) is 23.9. The maximum atomic E-state index is 12.1. The highest BCUT2D eigenvalue weighted by Gasteiger charge is 2.24. The number of carbonyl (C=O) groups is 1. The summed E-state index contributed by atoms with van der Waals surface area (Å²) < 4.78 is 28.7. The summed E-state index contributed by atoms with van der Waals surface area (Å²) in [7, 11) is -3.79. The van der Waals surface area contributed by atoms with Crippen molar-refractivity contribution in [3.05, 3.63) is 65.0 Å². The molecule has 0 saturated heterocycles. The van der Waals surface area contributed by atoms with E-state index in [1.165, 1.54) is 28.9 Å². The number of thioether (sulfide) groups is 1. The Balaban J connectivity index is 1.67. The molecular formula is C16H15N4O5S2+. The van der Waals surface area contributed by atoms with Gasteiger partial charge in [-0.15, -0.1) is 0 Å². The first-order valence-electron chi connectivity index (χ1n) is 7.59. The summed E-state index contributed by atoms with van der Waals surface area (Å²) in [5.41, 5.74) is 0.504. The van der Waals surface area contributed by atoms with Crippen molar-refractivity contribution in [3.8, 4) is 5.69 Å². The van der Waals surface area contributed by atoms with Gasteiger partial charge in [-0.1, -0.05) is 18.2 Å². The fourth-order valence-corrected chi connectivity index (χ4v) is 3.48. The van der Waals surface area contributed by atoms with Crippen molar-refractivity contribution in [2.45, 2.75) is 9.92 Å². The van der Waals surface area contributed by atoms with Gasteiger partial charge in [-0.2, -0.15) is 0 Å². The predicted octanol–water partition coefficient (Wildman–Crippen LogP) is 0.623. The van der Waals surface area contributed by atoms with Gasteiger partial charge >= 0.3 is 10.7 Å². The number of aromatic nitrogens is 2. The number of hydrogen-bond acceptors (Lipinski definition) is 6. The Hall–Kier alpha value is -2.89. The number of anilines is 1. The molecule has 4 N–H and O–H groups in total. The molecule has 11 heteroatoms. The Kier molecular flexibility index (Phi) is 5.44. The molecule has 1 heterocycles. The molecule has 0 radical (unpaired) electrons. The van der Waals surface area contributed by atoms with Crippen LogP contribution in [0.5, 0.6) is 0 Å². The van der Waals surface area contributed by atoms with Crippen molar-refractivity contribution in [3.63, 3.8) is 0 Å². The number of para-hydroxylation sites is 1. The average molecular weight is 407 g/mol. The second-order valence-corrected chi connectivity index (χ2v) is 7.89. The molecule has 0 saturated carbocycles. The van der Waals surface area contributed by atoms with E-state index in [0.717, 1.165) is 11.8 Å². The van der Waals surface area contributed by atoms with Crippen LogP contribution in [0, 0.1) is 0 Å². The molecule has 0 unspecified atom stereocenters. The SMILES string of the molecule is NS(=O)(=O)c1ccc(NC(=O)CSc2c(=O)o[nH][n+]2-c2ccccc2)cc1. The van der Waals surface area contributed by atoms with Crippen LogP contribution in [-0.2, 0) is 14.8 Å². The van der Waals surface area contributed by atoms with Gasteiger partial charge in [0.2, 0.25) is 21.6 Å². The van der Waals surface area contributed by atoms with E-state index in [2.05, 4.69) is 10.6 Å². The maximum Gasteiger partial charge on any atom is 0.442 e. The number of aromatic amines is 1. The van der Waals surface area contributed by atoms with Gasteiger partial charge in [-0.05, 0) is 46.0 Å². The van der Waals surface area contributed by atoms with Crippen LogP contribution >= 0.6 is 11.8 Å². The monoisotopic (exact) mass is 407 g/mol. The molecule has 0 aliphatic heterocycles. The minimum absolute atomic E-state index is 0.0492. The molecule has 0 spiro atoms. The smallest absolute Gasteiger partial charge is 0.325 e. The van der Waals surface area contributed by atoms with Gasteiger partial charge in [0, 0.05) is 17.8 Å². The number of rotatable bonds is 6. The number of sulfonamides is 1. The Morgan fingerprint density at radius 1 is 1.15 bits per heavy atom. The van der Waals surface area contributed by atoms with E-state index in [-0.39, 0.29) is 21.6 Å².